The third-order valence-corrected chi connectivity index (χ3v) is 1.79. The van der Waals surface area contributed by atoms with E-state index < -0.39 is 23.1 Å². The van der Waals surface area contributed by atoms with Crippen LogP contribution in [0.25, 0.3) is 0 Å². The van der Waals surface area contributed by atoms with Crippen LogP contribution in [-0.2, 0) is 10.7 Å². The molecule has 1 aromatic rings. The number of nitrogens with one attached hydrogen (secondary N) is 1. The molecule has 0 aromatic carbocycles. The molecular formula is C9H9F2NO3. The molecular weight excluding hydrogens is 208 g/mol. The summed E-state index contributed by atoms with van der Waals surface area (Å²) in [5.41, 5.74) is -1.73. The van der Waals surface area contributed by atoms with Crippen LogP contribution in [-0.4, -0.2) is 18.1 Å². The van der Waals surface area contributed by atoms with Crippen molar-refractivity contribution in [2.24, 2.45) is 0 Å². The highest BCUT2D eigenvalue weighted by atomic mass is 19.3. The van der Waals surface area contributed by atoms with Gasteiger partial charge in [0.05, 0.1) is 12.8 Å². The topological polar surface area (TPSA) is 59.2 Å². The van der Waals surface area contributed by atoms with Gasteiger partial charge < -0.3 is 9.72 Å². The number of alkyl halides is 2. The van der Waals surface area contributed by atoms with Crippen LogP contribution in [0.2, 0.25) is 0 Å². The Morgan fingerprint density at radius 1 is 1.47 bits per heavy atom. The van der Waals surface area contributed by atoms with Crippen LogP contribution in [0.4, 0.5) is 8.78 Å². The van der Waals surface area contributed by atoms with Crippen LogP contribution < -0.4 is 5.56 Å². The van der Waals surface area contributed by atoms with E-state index in [1.54, 1.807) is 0 Å². The highest BCUT2D eigenvalue weighted by Crippen LogP contribution is 2.23. The average Bonchev–Trinajstić information content (AvgIpc) is 2.15. The Morgan fingerprint density at radius 2 is 2.07 bits per heavy atom. The maximum Gasteiger partial charge on any atom is 0.343 e. The summed E-state index contributed by atoms with van der Waals surface area (Å²) in [7, 11) is 1.10. The van der Waals surface area contributed by atoms with Crippen molar-refractivity contribution >= 4 is 5.97 Å². The summed E-state index contributed by atoms with van der Waals surface area (Å²) in [6, 6.07) is 1.99. The lowest BCUT2D eigenvalue weighted by molar-refractivity contribution is 0.0124. The number of aromatic nitrogens is 1. The molecule has 6 heteroatoms. The Balaban J connectivity index is 3.21. The average molecular weight is 217 g/mol. The lowest BCUT2D eigenvalue weighted by Gasteiger charge is -2.09. The molecule has 0 aliphatic heterocycles. The third kappa shape index (κ3) is 2.39. The fourth-order valence-electron chi connectivity index (χ4n) is 1.00. The molecule has 1 rings (SSSR count). The van der Waals surface area contributed by atoms with Crippen LogP contribution in [0.15, 0.2) is 16.9 Å². The normalized spacial score (nSPS) is 11.2. The van der Waals surface area contributed by atoms with Crippen molar-refractivity contribution in [1.29, 1.82) is 0 Å². The van der Waals surface area contributed by atoms with E-state index in [1.807, 2.05) is 4.98 Å². The van der Waals surface area contributed by atoms with Crippen molar-refractivity contribution < 1.29 is 18.3 Å². The molecule has 0 aliphatic rings. The molecule has 82 valence electrons. The SMILES string of the molecule is COC(=O)c1ccc(C(C)(F)F)[nH]c1=O. The van der Waals surface area contributed by atoms with E-state index >= 15 is 0 Å². The first-order chi connectivity index (χ1) is 6.86. The molecule has 15 heavy (non-hydrogen) atoms. The molecule has 4 nitrogen and oxygen atoms in total. The molecule has 0 spiro atoms. The van der Waals surface area contributed by atoms with Crippen LogP contribution >= 0.6 is 0 Å². The van der Waals surface area contributed by atoms with Crippen LogP contribution in [0.1, 0.15) is 23.0 Å². The zero-order chi connectivity index (χ0) is 11.6. The minimum atomic E-state index is -3.15. The molecule has 0 aliphatic carbocycles. The van der Waals surface area contributed by atoms with Gasteiger partial charge in [-0.25, -0.2) is 13.6 Å². The van der Waals surface area contributed by atoms with Crippen molar-refractivity contribution in [3.05, 3.63) is 33.7 Å². The standard InChI is InChI=1S/C9H9F2NO3/c1-9(10,11)6-4-3-5(7(13)12-6)8(14)15-2/h3-4H,1-2H3,(H,12,13). The number of methoxy groups -OCH3 is 1. The molecule has 1 aromatic heterocycles. The maximum atomic E-state index is 12.8. The summed E-state index contributed by atoms with van der Waals surface area (Å²) in [6.45, 7) is 0.649. The Labute approximate surface area is 83.9 Å². The second-order valence-electron chi connectivity index (χ2n) is 2.99. The van der Waals surface area contributed by atoms with Crippen LogP contribution in [0.5, 0.6) is 0 Å². The van der Waals surface area contributed by atoms with Gasteiger partial charge in [-0.05, 0) is 12.1 Å². The van der Waals surface area contributed by atoms with E-state index in [2.05, 4.69) is 4.74 Å². The van der Waals surface area contributed by atoms with Gasteiger partial charge >= 0.3 is 5.97 Å². The van der Waals surface area contributed by atoms with Gasteiger partial charge in [-0.2, -0.15) is 0 Å². The van der Waals surface area contributed by atoms with Crippen molar-refractivity contribution in [2.45, 2.75) is 12.8 Å². The zero-order valence-corrected chi connectivity index (χ0v) is 8.14. The number of hydrogen-bond donors (Lipinski definition) is 1. The van der Waals surface area contributed by atoms with Gasteiger partial charge in [-0.1, -0.05) is 0 Å². The molecule has 0 fully saturated rings. The van der Waals surface area contributed by atoms with E-state index in [9.17, 15) is 18.4 Å². The summed E-state index contributed by atoms with van der Waals surface area (Å²) in [4.78, 5) is 24.1. The van der Waals surface area contributed by atoms with Crippen LogP contribution in [0.3, 0.4) is 0 Å². The quantitative estimate of drug-likeness (QED) is 0.759. The molecule has 0 radical (unpaired) electrons. The number of pyridine rings is 1. The molecule has 0 saturated carbocycles. The summed E-state index contributed by atoms with van der Waals surface area (Å²) in [5.74, 6) is -4.00. The number of halogens is 2. The minimum Gasteiger partial charge on any atom is -0.465 e. The molecule has 1 heterocycles. The zero-order valence-electron chi connectivity index (χ0n) is 8.14. The highest BCUT2D eigenvalue weighted by molar-refractivity contribution is 5.88. The van der Waals surface area contributed by atoms with E-state index in [4.69, 9.17) is 0 Å². The number of carbonyl (C=O) groups excluding carboxylic acids is 1. The first kappa shape index (κ1) is 11.4. The predicted octanol–water partition coefficient (Wildman–Crippen LogP) is 1.27. The monoisotopic (exact) mass is 217 g/mol. The molecule has 0 unspecified atom stereocenters. The van der Waals surface area contributed by atoms with Crippen molar-refractivity contribution in [2.75, 3.05) is 7.11 Å². The lowest BCUT2D eigenvalue weighted by atomic mass is 10.2. The number of H-pyrrole nitrogens is 1. The summed E-state index contributed by atoms with van der Waals surface area (Å²) in [5, 5.41) is 0. The highest BCUT2D eigenvalue weighted by Gasteiger charge is 2.26. The molecule has 0 amide bonds. The van der Waals surface area contributed by atoms with E-state index in [1.165, 1.54) is 0 Å². The Hall–Kier alpha value is -1.72. The third-order valence-electron chi connectivity index (χ3n) is 1.79. The van der Waals surface area contributed by atoms with Gasteiger partial charge in [0, 0.05) is 6.92 Å². The lowest BCUT2D eigenvalue weighted by Crippen LogP contribution is -2.23. The van der Waals surface area contributed by atoms with Gasteiger partial charge in [-0.15, -0.1) is 0 Å². The van der Waals surface area contributed by atoms with Gasteiger partial charge in [0.1, 0.15) is 5.56 Å². The minimum absolute atomic E-state index is 0.300. The molecule has 0 atom stereocenters. The summed E-state index contributed by atoms with van der Waals surface area (Å²) >= 11 is 0. The number of ether oxygens (including phenoxy) is 1. The Morgan fingerprint density at radius 3 is 2.47 bits per heavy atom. The van der Waals surface area contributed by atoms with Gasteiger partial charge in [-0.3, -0.25) is 4.79 Å². The summed E-state index contributed by atoms with van der Waals surface area (Å²) < 4.78 is 29.8. The Kier molecular flexibility index (Phi) is 2.88. The number of hydrogen-bond acceptors (Lipinski definition) is 3. The summed E-state index contributed by atoms with van der Waals surface area (Å²) in [6.07, 6.45) is 0. The van der Waals surface area contributed by atoms with Gasteiger partial charge in [0.2, 0.25) is 0 Å². The Bertz CT molecular complexity index is 434. The smallest absolute Gasteiger partial charge is 0.343 e. The second kappa shape index (κ2) is 3.80. The fourth-order valence-corrected chi connectivity index (χ4v) is 1.00. The number of aromatic amines is 1. The predicted molar refractivity (Wildman–Crippen MR) is 48.0 cm³/mol. The molecule has 0 saturated heterocycles. The largest absolute Gasteiger partial charge is 0.465 e. The number of esters is 1. The van der Waals surface area contributed by atoms with Crippen molar-refractivity contribution in [3.63, 3.8) is 0 Å². The fraction of sp³-hybridized carbons (Fsp3) is 0.333. The first-order valence-corrected chi connectivity index (χ1v) is 4.06. The number of carbonyl (C=O) groups is 1. The van der Waals surface area contributed by atoms with E-state index in [-0.39, 0.29) is 5.56 Å². The molecule has 1 N–H and O–H groups in total. The van der Waals surface area contributed by atoms with Crippen molar-refractivity contribution in [1.82, 2.24) is 4.98 Å². The first-order valence-electron chi connectivity index (χ1n) is 4.06. The van der Waals surface area contributed by atoms with Crippen LogP contribution in [0, 0.1) is 0 Å². The van der Waals surface area contributed by atoms with E-state index in [0.717, 1.165) is 19.2 Å². The number of rotatable bonds is 2. The van der Waals surface area contributed by atoms with E-state index in [0.29, 0.717) is 6.92 Å². The van der Waals surface area contributed by atoms with Gasteiger partial charge in [0.25, 0.3) is 11.5 Å². The maximum absolute atomic E-state index is 12.8. The molecule has 0 bridgehead atoms. The van der Waals surface area contributed by atoms with Crippen molar-refractivity contribution in [3.8, 4) is 0 Å². The second-order valence-corrected chi connectivity index (χ2v) is 2.99. The van der Waals surface area contributed by atoms with Gasteiger partial charge in [0.15, 0.2) is 0 Å².